The molecule has 0 unspecified atom stereocenters. The number of carboxylic acids is 1. The van der Waals surface area contributed by atoms with Crippen molar-refractivity contribution in [1.29, 1.82) is 0 Å². The number of carbonyl (C=O) groups is 1. The van der Waals surface area contributed by atoms with E-state index in [0.717, 1.165) is 17.6 Å². The van der Waals surface area contributed by atoms with Gasteiger partial charge in [-0.1, -0.05) is 0 Å². The maximum absolute atomic E-state index is 13.9. The van der Waals surface area contributed by atoms with E-state index in [2.05, 4.69) is 10.2 Å². The van der Waals surface area contributed by atoms with Gasteiger partial charge in [0.25, 0.3) is 0 Å². The Hall–Kier alpha value is -3.27. The molecule has 1 saturated heterocycles. The Kier molecular flexibility index (Phi) is 9.76. The van der Waals surface area contributed by atoms with Gasteiger partial charge < -0.3 is 20.1 Å². The molecule has 1 fully saturated rings. The van der Waals surface area contributed by atoms with Crippen LogP contribution in [0.5, 0.6) is 5.75 Å². The predicted octanol–water partition coefficient (Wildman–Crippen LogP) is 3.57. The van der Waals surface area contributed by atoms with Crippen LogP contribution in [0.3, 0.4) is 0 Å². The second-order valence-electron chi connectivity index (χ2n) is 9.62. The lowest BCUT2D eigenvalue weighted by Crippen LogP contribution is -2.40. The predicted molar refractivity (Wildman–Crippen MR) is 136 cm³/mol. The quantitative estimate of drug-likeness (QED) is 0.482. The van der Waals surface area contributed by atoms with Crippen molar-refractivity contribution in [3.63, 3.8) is 0 Å². The van der Waals surface area contributed by atoms with E-state index < -0.39 is 33.8 Å². The van der Waals surface area contributed by atoms with Crippen molar-refractivity contribution in [3.05, 3.63) is 41.2 Å². The average molecular weight is 596 g/mol. The summed E-state index contributed by atoms with van der Waals surface area (Å²) in [6.45, 7) is 5.89. The molecule has 2 N–H and O–H groups in total. The van der Waals surface area contributed by atoms with E-state index in [4.69, 9.17) is 24.6 Å². The van der Waals surface area contributed by atoms with E-state index in [1.807, 2.05) is 13.8 Å². The van der Waals surface area contributed by atoms with Gasteiger partial charge in [0.1, 0.15) is 11.9 Å². The summed E-state index contributed by atoms with van der Waals surface area (Å²) in [6.07, 6.45) is -2.25. The average Bonchev–Trinajstić information content (AvgIpc) is 2.84. The fraction of sp³-hybridized carbons (Fsp3) is 0.542. The number of aromatic nitrogens is 2. The molecule has 1 aromatic heterocycles. The molecule has 0 aliphatic carbocycles. The Labute approximate surface area is 228 Å². The Morgan fingerprint density at radius 3 is 2.27 bits per heavy atom. The number of benzene rings is 1. The SMILES string of the molecule is CC(C)Nc1nc2c(nc1N1CCC(Oc3ccc(F)cc3F)CC1)CCN(S(C)(=O)=O)C2.O=C(O)C(F)(F)F. The Morgan fingerprint density at radius 1 is 1.12 bits per heavy atom. The van der Waals surface area contributed by atoms with Crippen molar-refractivity contribution in [2.75, 3.05) is 36.1 Å². The molecule has 0 saturated carbocycles. The minimum absolute atomic E-state index is 0.0565. The zero-order valence-corrected chi connectivity index (χ0v) is 22.8. The number of hydrogen-bond donors (Lipinski definition) is 2. The standard InChI is InChI=1S/C22H29F2N5O3S.C2HF3O2/c1-14(2)25-21-22(27-18-8-11-29(33(3,30)31)13-19(18)26-21)28-9-6-16(7-10-28)32-20-5-4-15(23)12-17(20)24;3-2(4,5)1(6)7/h4-5,12,14,16H,6-11,13H2,1-3H3,(H,25,26);(H,6,7). The first-order valence-electron chi connectivity index (χ1n) is 12.3. The van der Waals surface area contributed by atoms with E-state index in [-0.39, 0.29) is 24.4 Å². The number of alkyl halides is 3. The molecule has 0 amide bonds. The van der Waals surface area contributed by atoms with Crippen LogP contribution in [-0.2, 0) is 27.8 Å². The molecule has 0 bridgehead atoms. The van der Waals surface area contributed by atoms with Crippen molar-refractivity contribution >= 4 is 27.6 Å². The van der Waals surface area contributed by atoms with E-state index in [0.29, 0.717) is 50.4 Å². The van der Waals surface area contributed by atoms with Crippen molar-refractivity contribution < 1.29 is 45.0 Å². The molecule has 2 aliphatic rings. The molecule has 4 rings (SSSR count). The van der Waals surface area contributed by atoms with E-state index in [1.54, 1.807) is 0 Å². The van der Waals surface area contributed by atoms with Crippen LogP contribution in [0.25, 0.3) is 0 Å². The first-order chi connectivity index (χ1) is 18.5. The summed E-state index contributed by atoms with van der Waals surface area (Å²) in [4.78, 5) is 20.7. The van der Waals surface area contributed by atoms with Crippen LogP contribution in [0.1, 0.15) is 38.1 Å². The summed E-state index contributed by atoms with van der Waals surface area (Å²) in [7, 11) is -3.30. The smallest absolute Gasteiger partial charge is 0.487 e. The molecule has 222 valence electrons. The van der Waals surface area contributed by atoms with Gasteiger partial charge in [0.15, 0.2) is 23.2 Å². The van der Waals surface area contributed by atoms with Crippen LogP contribution >= 0.6 is 0 Å². The third-order valence-corrected chi connectivity index (χ3v) is 7.27. The molecule has 2 aliphatic heterocycles. The molecule has 3 heterocycles. The number of nitrogens with one attached hydrogen (secondary N) is 1. The zero-order valence-electron chi connectivity index (χ0n) is 22.0. The monoisotopic (exact) mass is 595 g/mol. The van der Waals surface area contributed by atoms with Crippen LogP contribution in [0.15, 0.2) is 18.2 Å². The van der Waals surface area contributed by atoms with E-state index in [9.17, 15) is 30.4 Å². The first-order valence-corrected chi connectivity index (χ1v) is 14.2. The maximum Gasteiger partial charge on any atom is 0.490 e. The van der Waals surface area contributed by atoms with E-state index in [1.165, 1.54) is 22.7 Å². The molecule has 16 heteroatoms. The second kappa shape index (κ2) is 12.5. The Morgan fingerprint density at radius 2 is 1.75 bits per heavy atom. The van der Waals surface area contributed by atoms with Gasteiger partial charge in [0.2, 0.25) is 10.0 Å². The largest absolute Gasteiger partial charge is 0.490 e. The molecular formula is C24H30F5N5O5S. The van der Waals surface area contributed by atoms with Crippen LogP contribution in [0, 0.1) is 11.6 Å². The van der Waals surface area contributed by atoms with Crippen molar-refractivity contribution in [3.8, 4) is 5.75 Å². The summed E-state index contributed by atoms with van der Waals surface area (Å²) in [6, 6.07) is 3.44. The van der Waals surface area contributed by atoms with Gasteiger partial charge in [0.05, 0.1) is 24.2 Å². The van der Waals surface area contributed by atoms with Gasteiger partial charge in [-0.2, -0.15) is 17.5 Å². The number of anilines is 2. The van der Waals surface area contributed by atoms with Crippen LogP contribution in [-0.4, -0.2) is 78.0 Å². The number of sulfonamides is 1. The van der Waals surface area contributed by atoms with Gasteiger partial charge >= 0.3 is 12.1 Å². The maximum atomic E-state index is 13.9. The summed E-state index contributed by atoms with van der Waals surface area (Å²) in [5.74, 6) is -2.67. The molecule has 0 spiro atoms. The van der Waals surface area contributed by atoms with Crippen molar-refractivity contribution in [1.82, 2.24) is 14.3 Å². The second-order valence-corrected chi connectivity index (χ2v) is 11.6. The van der Waals surface area contributed by atoms with Crippen LogP contribution in [0.4, 0.5) is 33.6 Å². The highest BCUT2D eigenvalue weighted by atomic mass is 32.2. The van der Waals surface area contributed by atoms with Gasteiger partial charge in [-0.05, 0) is 26.0 Å². The van der Waals surface area contributed by atoms with Crippen molar-refractivity contribution in [2.45, 2.75) is 58.0 Å². The molecular weight excluding hydrogens is 565 g/mol. The molecule has 2 aromatic rings. The number of piperidine rings is 1. The lowest BCUT2D eigenvalue weighted by atomic mass is 10.1. The third kappa shape index (κ3) is 8.36. The molecule has 1 aromatic carbocycles. The summed E-state index contributed by atoms with van der Waals surface area (Å²) >= 11 is 0. The minimum atomic E-state index is -5.08. The lowest BCUT2D eigenvalue weighted by molar-refractivity contribution is -0.192. The lowest BCUT2D eigenvalue weighted by Gasteiger charge is -2.35. The number of halogens is 5. The number of aliphatic carboxylic acids is 1. The van der Waals surface area contributed by atoms with Crippen LogP contribution < -0.4 is 15.0 Å². The highest BCUT2D eigenvalue weighted by Crippen LogP contribution is 2.31. The van der Waals surface area contributed by atoms with Gasteiger partial charge in [0, 0.05) is 51.0 Å². The fourth-order valence-electron chi connectivity index (χ4n) is 4.11. The fourth-order valence-corrected chi connectivity index (χ4v) is 4.89. The highest BCUT2D eigenvalue weighted by molar-refractivity contribution is 7.88. The minimum Gasteiger partial charge on any atom is -0.487 e. The molecule has 10 nitrogen and oxygen atoms in total. The number of fused-ring (bicyclic) bond motifs is 1. The zero-order chi connectivity index (χ0) is 29.8. The third-order valence-electron chi connectivity index (χ3n) is 6.02. The van der Waals surface area contributed by atoms with Gasteiger partial charge in [-0.25, -0.2) is 32.0 Å². The Bertz CT molecular complexity index is 1320. The normalized spacial score (nSPS) is 16.7. The highest BCUT2D eigenvalue weighted by Gasteiger charge is 2.38. The first kappa shape index (κ1) is 31.3. The number of ether oxygens (including phenoxy) is 1. The molecule has 0 atom stereocenters. The molecule has 0 radical (unpaired) electrons. The van der Waals surface area contributed by atoms with Gasteiger partial charge in [-0.3, -0.25) is 0 Å². The number of hydrogen-bond acceptors (Lipinski definition) is 8. The topological polar surface area (TPSA) is 125 Å². The Balaban J connectivity index is 0.000000559. The molecule has 40 heavy (non-hydrogen) atoms. The van der Waals surface area contributed by atoms with Gasteiger partial charge in [-0.15, -0.1) is 0 Å². The number of carboxylic acid groups (broad SMARTS) is 1. The summed E-state index contributed by atoms with van der Waals surface area (Å²) in [5.41, 5.74) is 1.48. The van der Waals surface area contributed by atoms with Crippen molar-refractivity contribution in [2.24, 2.45) is 0 Å². The van der Waals surface area contributed by atoms with E-state index >= 15 is 0 Å². The number of nitrogens with zero attached hydrogens (tertiary/aromatic N) is 4. The summed E-state index contributed by atoms with van der Waals surface area (Å²) in [5, 5.41) is 10.5. The van der Waals surface area contributed by atoms with Crippen LogP contribution in [0.2, 0.25) is 0 Å². The summed E-state index contributed by atoms with van der Waals surface area (Å²) < 4.78 is 89.9. The number of rotatable bonds is 6.